The van der Waals surface area contributed by atoms with E-state index in [-0.39, 0.29) is 0 Å². The molecule has 0 saturated heterocycles. The lowest BCUT2D eigenvalue weighted by atomic mass is 10.1. The van der Waals surface area contributed by atoms with Gasteiger partial charge < -0.3 is 4.98 Å². The number of rotatable bonds is 3. The molecule has 3 heteroatoms. The summed E-state index contributed by atoms with van der Waals surface area (Å²) in [4.78, 5) is 11.9. The van der Waals surface area contributed by atoms with Gasteiger partial charge in [-0.1, -0.05) is 30.3 Å². The summed E-state index contributed by atoms with van der Waals surface area (Å²) in [5.41, 5.74) is 3.34. The summed E-state index contributed by atoms with van der Waals surface area (Å²) in [6.07, 6.45) is 5.52. The quantitative estimate of drug-likeness (QED) is 0.741. The SMILES string of the molecule is c1ccc(CCc2nc3ccncc3[nH]2)cc1. The molecule has 2 heterocycles. The Labute approximate surface area is 99.5 Å². The average molecular weight is 223 g/mol. The molecular formula is C14H13N3. The highest BCUT2D eigenvalue weighted by Gasteiger charge is 2.02. The van der Waals surface area contributed by atoms with Crippen LogP contribution < -0.4 is 0 Å². The van der Waals surface area contributed by atoms with Gasteiger partial charge in [-0.3, -0.25) is 4.98 Å². The van der Waals surface area contributed by atoms with Crippen LogP contribution in [0.1, 0.15) is 11.4 Å². The Bertz CT molecular complexity index is 580. The van der Waals surface area contributed by atoms with Crippen LogP contribution >= 0.6 is 0 Å². The van der Waals surface area contributed by atoms with Crippen molar-refractivity contribution in [1.29, 1.82) is 0 Å². The van der Waals surface area contributed by atoms with Crippen LogP contribution in [0.4, 0.5) is 0 Å². The second kappa shape index (κ2) is 4.37. The minimum absolute atomic E-state index is 0.929. The normalized spacial score (nSPS) is 10.8. The van der Waals surface area contributed by atoms with Crippen LogP contribution in [0.25, 0.3) is 11.0 Å². The largest absolute Gasteiger partial charge is 0.341 e. The van der Waals surface area contributed by atoms with Crippen molar-refractivity contribution in [3.8, 4) is 0 Å². The lowest BCUT2D eigenvalue weighted by molar-refractivity contribution is 0.890. The number of pyridine rings is 1. The van der Waals surface area contributed by atoms with Crippen molar-refractivity contribution in [2.75, 3.05) is 0 Å². The summed E-state index contributed by atoms with van der Waals surface area (Å²) in [5.74, 6) is 1.02. The van der Waals surface area contributed by atoms with Crippen LogP contribution in [0.3, 0.4) is 0 Å². The second-order valence-electron chi connectivity index (χ2n) is 4.06. The minimum atomic E-state index is 0.929. The molecule has 0 bridgehead atoms. The first-order chi connectivity index (χ1) is 8.42. The standard InChI is InChI=1S/C14H13N3/c1-2-4-11(5-3-1)6-7-14-16-12-8-9-15-10-13(12)17-14/h1-5,8-10H,6-7H2,(H,16,17). The van der Waals surface area contributed by atoms with Crippen molar-refractivity contribution >= 4 is 11.0 Å². The van der Waals surface area contributed by atoms with E-state index in [1.54, 1.807) is 6.20 Å². The summed E-state index contributed by atoms with van der Waals surface area (Å²) in [6, 6.07) is 12.4. The molecule has 0 aliphatic carbocycles. The topological polar surface area (TPSA) is 41.6 Å². The number of aromatic amines is 1. The molecule has 0 aliphatic rings. The molecule has 3 rings (SSSR count). The monoisotopic (exact) mass is 223 g/mol. The van der Waals surface area contributed by atoms with Gasteiger partial charge in [0.15, 0.2) is 0 Å². The molecule has 3 aromatic rings. The molecule has 0 radical (unpaired) electrons. The molecule has 1 N–H and O–H groups in total. The van der Waals surface area contributed by atoms with Crippen LogP contribution in [0, 0.1) is 0 Å². The van der Waals surface area contributed by atoms with E-state index < -0.39 is 0 Å². The fourth-order valence-corrected chi connectivity index (χ4v) is 1.94. The Morgan fingerprint density at radius 2 is 1.88 bits per heavy atom. The third-order valence-electron chi connectivity index (χ3n) is 2.83. The molecule has 3 nitrogen and oxygen atoms in total. The smallest absolute Gasteiger partial charge is 0.107 e. The van der Waals surface area contributed by atoms with Crippen LogP contribution in [0.2, 0.25) is 0 Å². The Morgan fingerprint density at radius 3 is 2.71 bits per heavy atom. The third kappa shape index (κ3) is 2.18. The fraction of sp³-hybridized carbons (Fsp3) is 0.143. The molecule has 1 aromatic carbocycles. The van der Waals surface area contributed by atoms with Gasteiger partial charge in [0.2, 0.25) is 0 Å². The zero-order valence-corrected chi connectivity index (χ0v) is 9.43. The van der Waals surface area contributed by atoms with Crippen molar-refractivity contribution in [3.05, 3.63) is 60.2 Å². The zero-order chi connectivity index (χ0) is 11.5. The molecular weight excluding hydrogens is 210 g/mol. The van der Waals surface area contributed by atoms with E-state index in [1.807, 2.05) is 18.3 Å². The van der Waals surface area contributed by atoms with Gasteiger partial charge in [-0.05, 0) is 18.1 Å². The predicted molar refractivity (Wildman–Crippen MR) is 67.7 cm³/mol. The zero-order valence-electron chi connectivity index (χ0n) is 9.43. The molecule has 0 fully saturated rings. The molecule has 0 saturated carbocycles. The first-order valence-electron chi connectivity index (χ1n) is 5.74. The highest BCUT2D eigenvalue weighted by molar-refractivity contribution is 5.73. The highest BCUT2D eigenvalue weighted by Crippen LogP contribution is 2.11. The number of nitrogens with zero attached hydrogens (tertiary/aromatic N) is 2. The van der Waals surface area contributed by atoms with Crippen LogP contribution in [-0.4, -0.2) is 15.0 Å². The van der Waals surface area contributed by atoms with Gasteiger partial charge in [0.1, 0.15) is 5.82 Å². The van der Waals surface area contributed by atoms with E-state index in [4.69, 9.17) is 0 Å². The first kappa shape index (κ1) is 10.0. The highest BCUT2D eigenvalue weighted by atomic mass is 14.9. The van der Waals surface area contributed by atoms with Gasteiger partial charge >= 0.3 is 0 Å². The molecule has 17 heavy (non-hydrogen) atoms. The molecule has 2 aromatic heterocycles. The first-order valence-corrected chi connectivity index (χ1v) is 5.74. The lowest BCUT2D eigenvalue weighted by Gasteiger charge is -1.97. The Kier molecular flexibility index (Phi) is 2.58. The summed E-state index contributed by atoms with van der Waals surface area (Å²) < 4.78 is 0. The van der Waals surface area contributed by atoms with E-state index in [0.717, 1.165) is 29.7 Å². The lowest BCUT2D eigenvalue weighted by Crippen LogP contribution is -1.92. The van der Waals surface area contributed by atoms with E-state index in [1.165, 1.54) is 5.56 Å². The van der Waals surface area contributed by atoms with E-state index in [0.29, 0.717) is 0 Å². The summed E-state index contributed by atoms with van der Waals surface area (Å²) in [7, 11) is 0. The van der Waals surface area contributed by atoms with Gasteiger partial charge in [0, 0.05) is 12.6 Å². The van der Waals surface area contributed by atoms with E-state index in [9.17, 15) is 0 Å². The molecule has 0 spiro atoms. The van der Waals surface area contributed by atoms with Gasteiger partial charge in [0.05, 0.1) is 17.2 Å². The molecule has 0 atom stereocenters. The van der Waals surface area contributed by atoms with Crippen LogP contribution in [-0.2, 0) is 12.8 Å². The maximum atomic E-state index is 4.53. The molecule has 0 aliphatic heterocycles. The summed E-state index contributed by atoms with van der Waals surface area (Å²) in [5, 5.41) is 0. The Balaban J connectivity index is 1.77. The Hall–Kier alpha value is -2.16. The van der Waals surface area contributed by atoms with Crippen molar-refractivity contribution in [2.45, 2.75) is 12.8 Å². The number of hydrogen-bond acceptors (Lipinski definition) is 2. The molecule has 84 valence electrons. The number of aromatic nitrogens is 3. The van der Waals surface area contributed by atoms with Crippen molar-refractivity contribution < 1.29 is 0 Å². The fourth-order valence-electron chi connectivity index (χ4n) is 1.94. The summed E-state index contributed by atoms with van der Waals surface area (Å²) in [6.45, 7) is 0. The number of benzene rings is 1. The number of nitrogens with one attached hydrogen (secondary N) is 1. The summed E-state index contributed by atoms with van der Waals surface area (Å²) >= 11 is 0. The average Bonchev–Trinajstić information content (AvgIpc) is 2.80. The van der Waals surface area contributed by atoms with Crippen molar-refractivity contribution in [2.24, 2.45) is 0 Å². The maximum absolute atomic E-state index is 4.53. The van der Waals surface area contributed by atoms with Gasteiger partial charge in [0.25, 0.3) is 0 Å². The number of aryl methyl sites for hydroxylation is 2. The number of H-pyrrole nitrogens is 1. The van der Waals surface area contributed by atoms with Crippen molar-refractivity contribution in [1.82, 2.24) is 15.0 Å². The predicted octanol–water partition coefficient (Wildman–Crippen LogP) is 2.74. The third-order valence-corrected chi connectivity index (χ3v) is 2.83. The van der Waals surface area contributed by atoms with Gasteiger partial charge in [-0.15, -0.1) is 0 Å². The number of fused-ring (bicyclic) bond motifs is 1. The molecule has 0 amide bonds. The van der Waals surface area contributed by atoms with Gasteiger partial charge in [-0.2, -0.15) is 0 Å². The minimum Gasteiger partial charge on any atom is -0.341 e. The second-order valence-corrected chi connectivity index (χ2v) is 4.06. The maximum Gasteiger partial charge on any atom is 0.107 e. The van der Waals surface area contributed by atoms with Crippen LogP contribution in [0.15, 0.2) is 48.8 Å². The Morgan fingerprint density at radius 1 is 1.00 bits per heavy atom. The van der Waals surface area contributed by atoms with E-state index in [2.05, 4.69) is 39.2 Å². The van der Waals surface area contributed by atoms with Gasteiger partial charge in [-0.25, -0.2) is 4.98 Å². The number of imidazole rings is 1. The number of hydrogen-bond donors (Lipinski definition) is 1. The molecule has 0 unspecified atom stereocenters. The van der Waals surface area contributed by atoms with Crippen molar-refractivity contribution in [3.63, 3.8) is 0 Å². The van der Waals surface area contributed by atoms with E-state index >= 15 is 0 Å². The van der Waals surface area contributed by atoms with Crippen LogP contribution in [0.5, 0.6) is 0 Å².